The molecule has 2 fully saturated rings. The van der Waals surface area contributed by atoms with Crippen LogP contribution in [0.25, 0.3) is 0 Å². The van der Waals surface area contributed by atoms with E-state index in [0.29, 0.717) is 47.2 Å². The molecule has 0 radical (unpaired) electrons. The second-order valence-electron chi connectivity index (χ2n) is 10.1. The number of rotatable bonds is 4. The van der Waals surface area contributed by atoms with Crippen molar-refractivity contribution in [2.24, 2.45) is 40.4 Å². The van der Waals surface area contributed by atoms with Gasteiger partial charge in [0, 0.05) is 12.8 Å². The van der Waals surface area contributed by atoms with Gasteiger partial charge >= 0.3 is 5.97 Å². The van der Waals surface area contributed by atoms with Gasteiger partial charge in [-0.1, -0.05) is 32.1 Å². The number of allylic oxidation sites excluding steroid dienone is 4. The first-order chi connectivity index (χ1) is 12.8. The lowest BCUT2D eigenvalue weighted by Crippen LogP contribution is -2.51. The molecule has 3 heteroatoms. The van der Waals surface area contributed by atoms with Gasteiger partial charge in [-0.15, -0.1) is 0 Å². The summed E-state index contributed by atoms with van der Waals surface area (Å²) in [7, 11) is 0. The van der Waals surface area contributed by atoms with Crippen LogP contribution in [0.3, 0.4) is 0 Å². The van der Waals surface area contributed by atoms with E-state index in [0.717, 1.165) is 19.3 Å². The Kier molecular flexibility index (Phi) is 4.63. The summed E-state index contributed by atoms with van der Waals surface area (Å²) in [5, 5.41) is 9.07. The Labute approximate surface area is 163 Å². The number of hydrogen-bond acceptors (Lipinski definition) is 2. The van der Waals surface area contributed by atoms with Gasteiger partial charge in [0.25, 0.3) is 0 Å². The first kappa shape index (κ1) is 19.0. The fourth-order valence-corrected chi connectivity index (χ4v) is 7.53. The van der Waals surface area contributed by atoms with Crippen LogP contribution in [-0.4, -0.2) is 16.9 Å². The minimum Gasteiger partial charge on any atom is -0.481 e. The van der Waals surface area contributed by atoms with E-state index in [2.05, 4.69) is 39.0 Å². The molecular weight excluding hydrogens is 336 g/mol. The molecule has 0 unspecified atom stereocenters. The third-order valence-electron chi connectivity index (χ3n) is 9.06. The average Bonchev–Trinajstić information content (AvgIpc) is 2.98. The van der Waals surface area contributed by atoms with E-state index in [1.54, 1.807) is 0 Å². The summed E-state index contributed by atoms with van der Waals surface area (Å²) >= 11 is 0. The maximum absolute atomic E-state index is 13.0. The summed E-state index contributed by atoms with van der Waals surface area (Å²) in [6.07, 6.45) is 14.4. The van der Waals surface area contributed by atoms with Gasteiger partial charge in [-0.2, -0.15) is 0 Å². The number of carboxylic acids is 1. The summed E-state index contributed by atoms with van der Waals surface area (Å²) in [6, 6.07) is 0. The van der Waals surface area contributed by atoms with Gasteiger partial charge in [-0.25, -0.2) is 0 Å². The molecule has 0 saturated heterocycles. The molecule has 0 aromatic rings. The van der Waals surface area contributed by atoms with Crippen molar-refractivity contribution in [3.05, 3.63) is 23.8 Å². The van der Waals surface area contributed by atoms with Gasteiger partial charge in [0.1, 0.15) is 5.78 Å². The molecule has 148 valence electrons. The zero-order valence-electron chi connectivity index (χ0n) is 17.0. The largest absolute Gasteiger partial charge is 0.481 e. The van der Waals surface area contributed by atoms with Crippen LogP contribution in [0.2, 0.25) is 0 Å². The number of fused-ring (bicyclic) bond motifs is 5. The molecule has 3 nitrogen and oxygen atoms in total. The molecule has 0 aromatic carbocycles. The topological polar surface area (TPSA) is 54.4 Å². The number of ketones is 1. The van der Waals surface area contributed by atoms with Crippen molar-refractivity contribution in [2.75, 3.05) is 0 Å². The van der Waals surface area contributed by atoms with Crippen LogP contribution in [0.4, 0.5) is 0 Å². The highest BCUT2D eigenvalue weighted by atomic mass is 16.4. The summed E-state index contributed by atoms with van der Waals surface area (Å²) in [6.45, 7) is 6.94. The Hall–Kier alpha value is -1.38. The summed E-state index contributed by atoms with van der Waals surface area (Å²) in [5.74, 6) is 2.44. The molecule has 4 rings (SSSR count). The first-order valence-corrected chi connectivity index (χ1v) is 10.9. The normalized spacial score (nSPS) is 44.1. The van der Waals surface area contributed by atoms with Crippen molar-refractivity contribution in [1.29, 1.82) is 0 Å². The Morgan fingerprint density at radius 2 is 2.04 bits per heavy atom. The van der Waals surface area contributed by atoms with Crippen molar-refractivity contribution in [1.82, 2.24) is 0 Å². The highest BCUT2D eigenvalue weighted by Gasteiger charge is 2.59. The van der Waals surface area contributed by atoms with Crippen molar-refractivity contribution in [3.63, 3.8) is 0 Å². The van der Waals surface area contributed by atoms with Gasteiger partial charge in [0.2, 0.25) is 0 Å². The van der Waals surface area contributed by atoms with Crippen LogP contribution in [-0.2, 0) is 9.59 Å². The van der Waals surface area contributed by atoms with Crippen molar-refractivity contribution >= 4 is 11.8 Å². The smallest absolute Gasteiger partial charge is 0.303 e. The first-order valence-electron chi connectivity index (χ1n) is 10.9. The number of carbonyl (C=O) groups excluding carboxylic acids is 1. The Morgan fingerprint density at radius 3 is 2.78 bits per heavy atom. The van der Waals surface area contributed by atoms with E-state index in [9.17, 15) is 9.59 Å². The highest BCUT2D eigenvalue weighted by Crippen LogP contribution is 2.65. The minimum absolute atomic E-state index is 0.272. The molecule has 4 aliphatic carbocycles. The molecule has 0 spiro atoms. The van der Waals surface area contributed by atoms with Gasteiger partial charge in [-0.05, 0) is 86.0 Å². The van der Waals surface area contributed by atoms with E-state index >= 15 is 0 Å². The fraction of sp³-hybridized carbons (Fsp3) is 0.750. The molecular formula is C24H34O3. The monoisotopic (exact) mass is 370 g/mol. The lowest BCUT2D eigenvalue weighted by atomic mass is 9.48. The lowest BCUT2D eigenvalue weighted by Gasteiger charge is -2.56. The maximum Gasteiger partial charge on any atom is 0.303 e. The van der Waals surface area contributed by atoms with E-state index in [1.807, 2.05) is 0 Å². The van der Waals surface area contributed by atoms with Crippen LogP contribution in [0, 0.1) is 40.4 Å². The average molecular weight is 371 g/mol. The molecule has 4 aliphatic rings. The SMILES string of the molecule is C[C@H](CCC(=O)O)[C@H]1CC[C@H]2[C@@H]3C=CC4=CCCC(=O)[C@]4(C)[C@H]3CC[C@]12C. The van der Waals surface area contributed by atoms with Crippen LogP contribution < -0.4 is 0 Å². The van der Waals surface area contributed by atoms with E-state index in [-0.39, 0.29) is 11.8 Å². The van der Waals surface area contributed by atoms with E-state index in [4.69, 9.17) is 5.11 Å². The number of Topliss-reactive ketones (excluding diaryl/α,β-unsaturated/α-hetero) is 1. The van der Waals surface area contributed by atoms with Crippen LogP contribution in [0.15, 0.2) is 23.8 Å². The lowest BCUT2D eigenvalue weighted by molar-refractivity contribution is -0.137. The molecule has 1 N–H and O–H groups in total. The molecule has 7 atom stereocenters. The number of carboxylic acid groups (broad SMARTS) is 1. The number of hydrogen-bond donors (Lipinski definition) is 1. The van der Waals surface area contributed by atoms with Crippen molar-refractivity contribution < 1.29 is 14.7 Å². The molecule has 0 bridgehead atoms. The molecule has 27 heavy (non-hydrogen) atoms. The summed E-state index contributed by atoms with van der Waals surface area (Å²) in [4.78, 5) is 24.0. The molecule has 0 aliphatic heterocycles. The van der Waals surface area contributed by atoms with Crippen LogP contribution in [0.1, 0.15) is 72.1 Å². The van der Waals surface area contributed by atoms with Gasteiger partial charge < -0.3 is 5.11 Å². The summed E-state index contributed by atoms with van der Waals surface area (Å²) < 4.78 is 0. The Bertz CT molecular complexity index is 704. The van der Waals surface area contributed by atoms with Gasteiger partial charge in [-0.3, -0.25) is 9.59 Å². The van der Waals surface area contributed by atoms with Crippen LogP contribution in [0.5, 0.6) is 0 Å². The molecule has 0 amide bonds. The van der Waals surface area contributed by atoms with E-state index in [1.165, 1.54) is 24.8 Å². The second kappa shape index (κ2) is 6.60. The predicted molar refractivity (Wildman–Crippen MR) is 106 cm³/mol. The minimum atomic E-state index is -0.677. The van der Waals surface area contributed by atoms with Gasteiger partial charge in [0.05, 0.1) is 5.41 Å². The third-order valence-corrected chi connectivity index (χ3v) is 9.06. The van der Waals surface area contributed by atoms with Crippen molar-refractivity contribution in [2.45, 2.75) is 72.1 Å². The predicted octanol–water partition coefficient (Wildman–Crippen LogP) is 5.41. The molecule has 2 saturated carbocycles. The molecule has 0 heterocycles. The number of aliphatic carboxylic acids is 1. The zero-order chi connectivity index (χ0) is 19.4. The zero-order valence-corrected chi connectivity index (χ0v) is 17.0. The Balaban J connectivity index is 1.60. The summed E-state index contributed by atoms with van der Waals surface area (Å²) in [5.41, 5.74) is 1.29. The van der Waals surface area contributed by atoms with Crippen molar-refractivity contribution in [3.8, 4) is 0 Å². The molecule has 0 aromatic heterocycles. The third kappa shape index (κ3) is 2.76. The standard InChI is InChI=1S/C24H34O3/c1-15(7-12-22(26)27)18-10-11-19-17-9-8-16-5-4-6-21(25)24(16,3)20(17)13-14-23(18,19)2/h5,8-9,15,17-20H,4,6-7,10-14H2,1-3H3,(H,26,27)/t15-,17+,18-,19+,20+,23-,24+/m1/s1. The maximum atomic E-state index is 13.0. The van der Waals surface area contributed by atoms with Gasteiger partial charge in [0.15, 0.2) is 0 Å². The number of carbonyl (C=O) groups is 2. The second-order valence-corrected chi connectivity index (χ2v) is 10.1. The fourth-order valence-electron chi connectivity index (χ4n) is 7.53. The quantitative estimate of drug-likeness (QED) is 0.720. The Morgan fingerprint density at radius 1 is 1.26 bits per heavy atom. The van der Waals surface area contributed by atoms with E-state index < -0.39 is 5.97 Å². The van der Waals surface area contributed by atoms with Crippen LogP contribution >= 0.6 is 0 Å². The highest BCUT2D eigenvalue weighted by molar-refractivity contribution is 5.90.